The molecule has 2 aromatic carbocycles. The highest BCUT2D eigenvalue weighted by molar-refractivity contribution is 9.10. The Kier molecular flexibility index (Phi) is 4.21. The molecule has 4 heteroatoms. The Morgan fingerprint density at radius 1 is 1.23 bits per heavy atom. The summed E-state index contributed by atoms with van der Waals surface area (Å²) in [7, 11) is 0. The Hall–Kier alpha value is -1.81. The minimum absolute atomic E-state index is 0.0708. The van der Waals surface area contributed by atoms with E-state index in [9.17, 15) is 4.79 Å². The van der Waals surface area contributed by atoms with Crippen molar-refractivity contribution in [2.45, 2.75) is 32.7 Å². The van der Waals surface area contributed by atoms with Crippen molar-refractivity contribution in [1.29, 1.82) is 0 Å². The van der Waals surface area contributed by atoms with Gasteiger partial charge in [-0.15, -0.1) is 0 Å². The molecular weight excluding hydrogens is 342 g/mol. The number of halogens is 1. The summed E-state index contributed by atoms with van der Waals surface area (Å²) >= 11 is 3.58. The number of para-hydroxylation sites is 1. The highest BCUT2D eigenvalue weighted by Gasteiger charge is 2.29. The zero-order chi connectivity index (χ0) is 15.7. The van der Waals surface area contributed by atoms with Crippen molar-refractivity contribution >= 4 is 27.5 Å². The fourth-order valence-electron chi connectivity index (χ4n) is 2.97. The first-order valence-electron chi connectivity index (χ1n) is 7.42. The smallest absolute Gasteiger partial charge is 0.224 e. The molecule has 0 radical (unpaired) electrons. The first-order valence-corrected chi connectivity index (χ1v) is 8.21. The van der Waals surface area contributed by atoms with Gasteiger partial charge in [0, 0.05) is 18.5 Å². The SMILES string of the molecule is CC(=O)N1c2ccc(Br)c(Oc3ccccc3)c2CCC1C. The Morgan fingerprint density at radius 3 is 2.64 bits per heavy atom. The van der Waals surface area contributed by atoms with Crippen molar-refractivity contribution in [3.63, 3.8) is 0 Å². The van der Waals surface area contributed by atoms with Crippen molar-refractivity contribution in [3.8, 4) is 11.5 Å². The third-order valence-corrected chi connectivity index (χ3v) is 4.63. The fraction of sp³-hybridized carbons (Fsp3) is 0.278. The summed E-state index contributed by atoms with van der Waals surface area (Å²) in [4.78, 5) is 13.9. The van der Waals surface area contributed by atoms with E-state index in [4.69, 9.17) is 4.74 Å². The maximum Gasteiger partial charge on any atom is 0.224 e. The highest BCUT2D eigenvalue weighted by Crippen LogP contribution is 2.42. The number of fused-ring (bicyclic) bond motifs is 1. The number of anilines is 1. The summed E-state index contributed by atoms with van der Waals surface area (Å²) in [6.45, 7) is 3.70. The standard InChI is InChI=1S/C18H18BrNO2/c1-12-8-9-15-17(20(12)13(2)21)11-10-16(19)18(15)22-14-6-4-3-5-7-14/h3-7,10-12H,8-9H2,1-2H3. The van der Waals surface area contributed by atoms with Crippen LogP contribution in [0.15, 0.2) is 46.9 Å². The Labute approximate surface area is 139 Å². The second-order valence-corrected chi connectivity index (χ2v) is 6.42. The van der Waals surface area contributed by atoms with E-state index in [0.717, 1.165) is 40.1 Å². The summed E-state index contributed by atoms with van der Waals surface area (Å²) in [5.74, 6) is 1.67. The summed E-state index contributed by atoms with van der Waals surface area (Å²) < 4.78 is 7.00. The van der Waals surface area contributed by atoms with Gasteiger partial charge in [0.25, 0.3) is 0 Å². The second kappa shape index (κ2) is 6.13. The van der Waals surface area contributed by atoms with Crippen LogP contribution < -0.4 is 9.64 Å². The third-order valence-electron chi connectivity index (χ3n) is 4.00. The molecule has 0 N–H and O–H groups in total. The quantitative estimate of drug-likeness (QED) is 0.760. The van der Waals surface area contributed by atoms with E-state index in [2.05, 4.69) is 22.9 Å². The third kappa shape index (κ3) is 2.75. The van der Waals surface area contributed by atoms with Gasteiger partial charge in [-0.3, -0.25) is 4.79 Å². The normalized spacial score (nSPS) is 17.0. The van der Waals surface area contributed by atoms with Crippen LogP contribution in [0.2, 0.25) is 0 Å². The molecule has 1 aliphatic rings. The lowest BCUT2D eigenvalue weighted by molar-refractivity contribution is -0.117. The molecule has 1 aliphatic heterocycles. The molecule has 0 saturated heterocycles. The van der Waals surface area contributed by atoms with Crippen molar-refractivity contribution < 1.29 is 9.53 Å². The van der Waals surface area contributed by atoms with Crippen molar-refractivity contribution in [3.05, 3.63) is 52.5 Å². The maximum atomic E-state index is 12.0. The minimum Gasteiger partial charge on any atom is -0.456 e. The molecule has 1 atom stereocenters. The lowest BCUT2D eigenvalue weighted by Crippen LogP contribution is -2.40. The van der Waals surface area contributed by atoms with E-state index >= 15 is 0 Å². The monoisotopic (exact) mass is 359 g/mol. The molecule has 0 fully saturated rings. The molecule has 0 bridgehead atoms. The molecule has 0 aromatic heterocycles. The molecule has 0 aliphatic carbocycles. The van der Waals surface area contributed by atoms with Gasteiger partial charge in [-0.2, -0.15) is 0 Å². The van der Waals surface area contributed by atoms with E-state index in [0.29, 0.717) is 0 Å². The number of benzene rings is 2. The van der Waals surface area contributed by atoms with Crippen LogP contribution >= 0.6 is 15.9 Å². The maximum absolute atomic E-state index is 12.0. The van der Waals surface area contributed by atoms with Crippen LogP contribution in [0, 0.1) is 0 Å². The van der Waals surface area contributed by atoms with E-state index < -0.39 is 0 Å². The Morgan fingerprint density at radius 2 is 1.95 bits per heavy atom. The molecule has 0 saturated carbocycles. The lowest BCUT2D eigenvalue weighted by Gasteiger charge is -2.35. The lowest BCUT2D eigenvalue weighted by atomic mass is 9.95. The first-order chi connectivity index (χ1) is 10.6. The molecule has 1 heterocycles. The summed E-state index contributed by atoms with van der Waals surface area (Å²) in [6, 6.07) is 13.9. The summed E-state index contributed by atoms with van der Waals surface area (Å²) in [5.41, 5.74) is 2.05. The number of hydrogen-bond acceptors (Lipinski definition) is 2. The molecule has 114 valence electrons. The molecule has 22 heavy (non-hydrogen) atoms. The topological polar surface area (TPSA) is 29.5 Å². The van der Waals surface area contributed by atoms with Crippen LogP contribution in [0.1, 0.15) is 25.8 Å². The number of hydrogen-bond donors (Lipinski definition) is 0. The predicted molar refractivity (Wildman–Crippen MR) is 91.6 cm³/mol. The average molecular weight is 360 g/mol. The first kappa shape index (κ1) is 15.1. The molecular formula is C18H18BrNO2. The highest BCUT2D eigenvalue weighted by atomic mass is 79.9. The van der Waals surface area contributed by atoms with Gasteiger partial charge in [-0.1, -0.05) is 18.2 Å². The summed E-state index contributed by atoms with van der Waals surface area (Å²) in [5, 5.41) is 0. The van der Waals surface area contributed by atoms with E-state index in [1.54, 1.807) is 6.92 Å². The zero-order valence-electron chi connectivity index (χ0n) is 12.7. The van der Waals surface area contributed by atoms with Gasteiger partial charge >= 0.3 is 0 Å². The molecule has 3 nitrogen and oxygen atoms in total. The van der Waals surface area contributed by atoms with Crippen LogP contribution in [-0.2, 0) is 11.2 Å². The van der Waals surface area contributed by atoms with Crippen LogP contribution in [0.3, 0.4) is 0 Å². The van der Waals surface area contributed by atoms with Gasteiger partial charge in [-0.25, -0.2) is 0 Å². The second-order valence-electron chi connectivity index (χ2n) is 5.57. The number of carbonyl (C=O) groups excluding carboxylic acids is 1. The number of carbonyl (C=O) groups is 1. The number of rotatable bonds is 2. The van der Waals surface area contributed by atoms with Crippen LogP contribution in [0.5, 0.6) is 11.5 Å². The van der Waals surface area contributed by atoms with Crippen LogP contribution in [0.4, 0.5) is 5.69 Å². The van der Waals surface area contributed by atoms with Gasteiger partial charge in [0.05, 0.1) is 10.2 Å². The van der Waals surface area contributed by atoms with E-state index in [-0.39, 0.29) is 11.9 Å². The van der Waals surface area contributed by atoms with Gasteiger partial charge in [-0.05, 0) is 60.0 Å². The Balaban J connectivity index is 2.06. The van der Waals surface area contributed by atoms with Crippen molar-refractivity contribution in [2.75, 3.05) is 4.90 Å². The molecule has 1 unspecified atom stereocenters. The van der Waals surface area contributed by atoms with Gasteiger partial charge in [0.1, 0.15) is 11.5 Å². The largest absolute Gasteiger partial charge is 0.456 e. The number of amides is 1. The van der Waals surface area contributed by atoms with Crippen molar-refractivity contribution in [1.82, 2.24) is 0 Å². The summed E-state index contributed by atoms with van der Waals surface area (Å²) in [6.07, 6.45) is 1.84. The number of nitrogens with zero attached hydrogens (tertiary/aromatic N) is 1. The number of ether oxygens (including phenoxy) is 1. The average Bonchev–Trinajstić information content (AvgIpc) is 2.50. The predicted octanol–water partition coefficient (Wildman–Crippen LogP) is 4.93. The van der Waals surface area contributed by atoms with E-state index in [1.807, 2.05) is 47.4 Å². The zero-order valence-corrected chi connectivity index (χ0v) is 14.3. The Bertz CT molecular complexity index is 700. The van der Waals surface area contributed by atoms with Crippen LogP contribution in [-0.4, -0.2) is 11.9 Å². The van der Waals surface area contributed by atoms with Crippen LogP contribution in [0.25, 0.3) is 0 Å². The van der Waals surface area contributed by atoms with Gasteiger partial charge in [0.15, 0.2) is 0 Å². The van der Waals surface area contributed by atoms with E-state index in [1.165, 1.54) is 0 Å². The molecule has 0 spiro atoms. The molecule has 3 rings (SSSR count). The minimum atomic E-state index is 0.0708. The molecule has 2 aromatic rings. The molecule has 1 amide bonds. The fourth-order valence-corrected chi connectivity index (χ4v) is 3.43. The van der Waals surface area contributed by atoms with Gasteiger partial charge < -0.3 is 9.64 Å². The van der Waals surface area contributed by atoms with Crippen molar-refractivity contribution in [2.24, 2.45) is 0 Å². The van der Waals surface area contributed by atoms with Gasteiger partial charge in [0.2, 0.25) is 5.91 Å².